The second-order valence-corrected chi connectivity index (χ2v) is 4.40. The van der Waals surface area contributed by atoms with E-state index in [-0.39, 0.29) is 0 Å². The average molecular weight is 225 g/mol. The minimum absolute atomic E-state index is 0.442. The molecule has 0 spiro atoms. The van der Waals surface area contributed by atoms with E-state index in [0.29, 0.717) is 12.0 Å². The molecule has 1 saturated carbocycles. The van der Waals surface area contributed by atoms with Crippen LogP contribution >= 0.6 is 0 Å². The predicted molar refractivity (Wildman–Crippen MR) is 72.2 cm³/mol. The summed E-state index contributed by atoms with van der Waals surface area (Å²) < 4.78 is 0. The van der Waals surface area contributed by atoms with Gasteiger partial charge in [0.1, 0.15) is 0 Å². The van der Waals surface area contributed by atoms with E-state index in [1.807, 2.05) is 24.3 Å². The number of aliphatic imine (C=N–C) groups is 1. The molecule has 0 saturated heterocycles. The fourth-order valence-electron chi connectivity index (χ4n) is 1.90. The highest BCUT2D eigenvalue weighted by atomic mass is 15.1. The third kappa shape index (κ3) is 2.23. The molecule has 3 nitrogen and oxygen atoms in total. The van der Waals surface area contributed by atoms with E-state index < -0.39 is 0 Å². The Hall–Kier alpha value is -2.03. The molecule has 1 aliphatic rings. The summed E-state index contributed by atoms with van der Waals surface area (Å²) >= 11 is 0. The third-order valence-corrected chi connectivity index (χ3v) is 2.92. The molecule has 0 aromatic heterocycles. The fourth-order valence-corrected chi connectivity index (χ4v) is 1.90. The molecule has 0 atom stereocenters. The fraction of sp³-hybridized carbons (Fsp3) is 0.214. The van der Waals surface area contributed by atoms with Gasteiger partial charge in [0.15, 0.2) is 5.96 Å². The Morgan fingerprint density at radius 1 is 1.12 bits per heavy atom. The maximum Gasteiger partial charge on any atom is 0.193 e. The van der Waals surface area contributed by atoms with Crippen LogP contribution in [0.15, 0.2) is 47.5 Å². The summed E-state index contributed by atoms with van der Waals surface area (Å²) in [6.07, 6.45) is 2.33. The monoisotopic (exact) mass is 225 g/mol. The van der Waals surface area contributed by atoms with Crippen molar-refractivity contribution in [2.45, 2.75) is 18.9 Å². The normalized spacial score (nSPS) is 16.1. The van der Waals surface area contributed by atoms with Crippen LogP contribution in [0.3, 0.4) is 0 Å². The highest BCUT2D eigenvalue weighted by molar-refractivity contribution is 6.02. The SMILES string of the molecule is NC(=NC1CC1)Nc1cccc2ccccc12. The van der Waals surface area contributed by atoms with Gasteiger partial charge in [0, 0.05) is 11.1 Å². The first-order chi connectivity index (χ1) is 8.33. The van der Waals surface area contributed by atoms with Crippen LogP contribution in [0.25, 0.3) is 10.8 Å². The molecule has 1 aliphatic carbocycles. The van der Waals surface area contributed by atoms with Crippen molar-refractivity contribution in [1.29, 1.82) is 0 Å². The number of rotatable bonds is 2. The summed E-state index contributed by atoms with van der Waals surface area (Å²) in [7, 11) is 0. The van der Waals surface area contributed by atoms with Crippen LogP contribution in [0.2, 0.25) is 0 Å². The van der Waals surface area contributed by atoms with Crippen LogP contribution in [0.1, 0.15) is 12.8 Å². The van der Waals surface area contributed by atoms with Gasteiger partial charge in [-0.25, -0.2) is 4.99 Å². The average Bonchev–Trinajstić information content (AvgIpc) is 3.13. The van der Waals surface area contributed by atoms with E-state index in [1.54, 1.807) is 0 Å². The Morgan fingerprint density at radius 2 is 1.88 bits per heavy atom. The number of fused-ring (bicyclic) bond motifs is 1. The van der Waals surface area contributed by atoms with Gasteiger partial charge >= 0.3 is 0 Å². The van der Waals surface area contributed by atoms with Crippen LogP contribution in [0.5, 0.6) is 0 Å². The molecule has 0 bridgehead atoms. The second kappa shape index (κ2) is 4.09. The van der Waals surface area contributed by atoms with Crippen molar-refractivity contribution in [3.63, 3.8) is 0 Å². The van der Waals surface area contributed by atoms with E-state index in [2.05, 4.69) is 28.5 Å². The summed E-state index contributed by atoms with van der Waals surface area (Å²) in [6.45, 7) is 0. The van der Waals surface area contributed by atoms with E-state index in [4.69, 9.17) is 5.73 Å². The molecule has 2 aromatic carbocycles. The lowest BCUT2D eigenvalue weighted by Crippen LogP contribution is -2.23. The second-order valence-electron chi connectivity index (χ2n) is 4.40. The van der Waals surface area contributed by atoms with E-state index in [1.165, 1.54) is 10.8 Å². The highest BCUT2D eigenvalue weighted by Gasteiger charge is 2.20. The van der Waals surface area contributed by atoms with Gasteiger partial charge in [-0.05, 0) is 24.3 Å². The summed E-state index contributed by atoms with van der Waals surface area (Å²) in [4.78, 5) is 4.37. The van der Waals surface area contributed by atoms with Crippen LogP contribution in [0, 0.1) is 0 Å². The topological polar surface area (TPSA) is 50.4 Å². The zero-order valence-electron chi connectivity index (χ0n) is 9.56. The van der Waals surface area contributed by atoms with Gasteiger partial charge in [-0.15, -0.1) is 0 Å². The largest absolute Gasteiger partial charge is 0.370 e. The van der Waals surface area contributed by atoms with E-state index in [9.17, 15) is 0 Å². The molecule has 0 heterocycles. The number of guanidine groups is 1. The Bertz CT molecular complexity index is 565. The number of nitrogens with zero attached hydrogens (tertiary/aromatic N) is 1. The van der Waals surface area contributed by atoms with Gasteiger partial charge < -0.3 is 11.1 Å². The Labute approximate surface area is 100 Å². The minimum Gasteiger partial charge on any atom is -0.370 e. The Morgan fingerprint density at radius 3 is 2.71 bits per heavy atom. The number of hydrogen-bond donors (Lipinski definition) is 2. The van der Waals surface area contributed by atoms with Crippen LogP contribution in [0.4, 0.5) is 5.69 Å². The van der Waals surface area contributed by atoms with Crippen molar-refractivity contribution in [1.82, 2.24) is 0 Å². The van der Waals surface area contributed by atoms with Crippen molar-refractivity contribution in [3.05, 3.63) is 42.5 Å². The van der Waals surface area contributed by atoms with Crippen LogP contribution < -0.4 is 11.1 Å². The molecule has 0 radical (unpaired) electrons. The molecular weight excluding hydrogens is 210 g/mol. The molecule has 3 heteroatoms. The van der Waals surface area contributed by atoms with Gasteiger partial charge in [-0.3, -0.25) is 0 Å². The van der Waals surface area contributed by atoms with Crippen LogP contribution in [-0.4, -0.2) is 12.0 Å². The molecule has 0 aliphatic heterocycles. The third-order valence-electron chi connectivity index (χ3n) is 2.92. The molecule has 3 rings (SSSR count). The van der Waals surface area contributed by atoms with E-state index >= 15 is 0 Å². The lowest BCUT2D eigenvalue weighted by molar-refractivity contribution is 1.06. The minimum atomic E-state index is 0.442. The summed E-state index contributed by atoms with van der Waals surface area (Å²) in [5.74, 6) is 0.517. The number of nitrogens with one attached hydrogen (secondary N) is 1. The standard InChI is InChI=1S/C14H15N3/c15-14(16-11-8-9-11)17-13-7-3-5-10-4-1-2-6-12(10)13/h1-7,11H,8-9H2,(H3,15,16,17). The van der Waals surface area contributed by atoms with Gasteiger partial charge in [0.25, 0.3) is 0 Å². The number of anilines is 1. The maximum absolute atomic E-state index is 5.88. The first-order valence-corrected chi connectivity index (χ1v) is 5.91. The Kier molecular flexibility index (Phi) is 2.44. The van der Waals surface area contributed by atoms with Crippen molar-refractivity contribution >= 4 is 22.4 Å². The molecule has 2 aromatic rings. The highest BCUT2D eigenvalue weighted by Crippen LogP contribution is 2.25. The molecule has 3 N–H and O–H groups in total. The first-order valence-electron chi connectivity index (χ1n) is 5.91. The lowest BCUT2D eigenvalue weighted by atomic mass is 10.1. The van der Waals surface area contributed by atoms with Crippen molar-refractivity contribution in [2.24, 2.45) is 10.7 Å². The smallest absolute Gasteiger partial charge is 0.193 e. The zero-order valence-corrected chi connectivity index (χ0v) is 9.56. The summed E-state index contributed by atoms with van der Waals surface area (Å²) in [5.41, 5.74) is 6.90. The molecule has 0 amide bonds. The predicted octanol–water partition coefficient (Wildman–Crippen LogP) is 2.73. The quantitative estimate of drug-likeness (QED) is 0.610. The zero-order chi connectivity index (χ0) is 11.7. The molecule has 1 fully saturated rings. The summed E-state index contributed by atoms with van der Waals surface area (Å²) in [5, 5.41) is 5.56. The Balaban J connectivity index is 1.94. The molecule has 86 valence electrons. The number of hydrogen-bond acceptors (Lipinski definition) is 1. The molecule has 17 heavy (non-hydrogen) atoms. The van der Waals surface area contributed by atoms with Gasteiger partial charge in [0.05, 0.1) is 6.04 Å². The van der Waals surface area contributed by atoms with Crippen molar-refractivity contribution < 1.29 is 0 Å². The van der Waals surface area contributed by atoms with Gasteiger partial charge in [-0.2, -0.15) is 0 Å². The van der Waals surface area contributed by atoms with Gasteiger partial charge in [-0.1, -0.05) is 36.4 Å². The lowest BCUT2D eigenvalue weighted by Gasteiger charge is -2.08. The van der Waals surface area contributed by atoms with Crippen molar-refractivity contribution in [2.75, 3.05) is 5.32 Å². The molecular formula is C14H15N3. The van der Waals surface area contributed by atoms with Crippen molar-refractivity contribution in [3.8, 4) is 0 Å². The molecule has 0 unspecified atom stereocenters. The van der Waals surface area contributed by atoms with E-state index in [0.717, 1.165) is 18.5 Å². The van der Waals surface area contributed by atoms with Crippen LogP contribution in [-0.2, 0) is 0 Å². The first kappa shape index (κ1) is 10.1. The maximum atomic E-state index is 5.88. The van der Waals surface area contributed by atoms with Gasteiger partial charge in [0.2, 0.25) is 0 Å². The number of benzene rings is 2. The summed E-state index contributed by atoms with van der Waals surface area (Å²) in [6, 6.07) is 14.8. The number of nitrogens with two attached hydrogens (primary N) is 1.